The number of nitrogens with one attached hydrogen (secondary N) is 1. The number of rotatable bonds is 5. The molecule has 1 saturated heterocycles. The average Bonchev–Trinajstić information content (AvgIpc) is 2.68. The van der Waals surface area contributed by atoms with E-state index >= 15 is 0 Å². The van der Waals surface area contributed by atoms with E-state index in [1.54, 1.807) is 26.0 Å². The van der Waals surface area contributed by atoms with Gasteiger partial charge in [-0.05, 0) is 49.1 Å². The van der Waals surface area contributed by atoms with E-state index in [9.17, 15) is 8.42 Å². The Morgan fingerprint density at radius 2 is 1.67 bits per heavy atom. The predicted octanol–water partition coefficient (Wildman–Crippen LogP) is 3.43. The van der Waals surface area contributed by atoms with Crippen molar-refractivity contribution in [2.45, 2.75) is 37.5 Å². The van der Waals surface area contributed by atoms with Crippen molar-refractivity contribution in [2.75, 3.05) is 13.2 Å². The SMILES string of the molecule is CC(C)S(=O)(=O)N[C@H]1COCC[C@H]1c1ccc(-c2ccc(C#N)cc2)cc1. The van der Waals surface area contributed by atoms with Crippen molar-refractivity contribution < 1.29 is 13.2 Å². The molecule has 1 N–H and O–H groups in total. The maximum atomic E-state index is 12.3. The van der Waals surface area contributed by atoms with Crippen molar-refractivity contribution in [2.24, 2.45) is 0 Å². The Balaban J connectivity index is 1.80. The zero-order valence-corrected chi connectivity index (χ0v) is 16.4. The van der Waals surface area contributed by atoms with Gasteiger partial charge in [-0.3, -0.25) is 0 Å². The fourth-order valence-electron chi connectivity index (χ4n) is 3.26. The van der Waals surface area contributed by atoms with E-state index in [0.29, 0.717) is 18.8 Å². The third kappa shape index (κ3) is 4.56. The van der Waals surface area contributed by atoms with Gasteiger partial charge in [0, 0.05) is 12.5 Å². The van der Waals surface area contributed by atoms with Crippen molar-refractivity contribution in [3.8, 4) is 17.2 Å². The highest BCUT2D eigenvalue weighted by atomic mass is 32.2. The monoisotopic (exact) mass is 384 g/mol. The summed E-state index contributed by atoms with van der Waals surface area (Å²) in [4.78, 5) is 0. The topological polar surface area (TPSA) is 79.2 Å². The van der Waals surface area contributed by atoms with Crippen LogP contribution in [-0.4, -0.2) is 32.9 Å². The second-order valence-electron chi connectivity index (χ2n) is 7.10. The largest absolute Gasteiger partial charge is 0.380 e. The summed E-state index contributed by atoms with van der Waals surface area (Å²) in [6.07, 6.45) is 0.779. The Bertz CT molecular complexity index is 913. The summed E-state index contributed by atoms with van der Waals surface area (Å²) in [5, 5.41) is 8.44. The highest BCUT2D eigenvalue weighted by molar-refractivity contribution is 7.90. The molecule has 1 heterocycles. The number of ether oxygens (including phenoxy) is 1. The van der Waals surface area contributed by atoms with Crippen LogP contribution in [0.4, 0.5) is 0 Å². The summed E-state index contributed by atoms with van der Waals surface area (Å²) in [5.74, 6) is 0.0855. The quantitative estimate of drug-likeness (QED) is 0.857. The minimum absolute atomic E-state index is 0.0855. The van der Waals surface area contributed by atoms with Crippen LogP contribution in [0.1, 0.15) is 37.3 Å². The van der Waals surface area contributed by atoms with Gasteiger partial charge in [0.25, 0.3) is 0 Å². The van der Waals surface area contributed by atoms with Gasteiger partial charge in [-0.25, -0.2) is 13.1 Å². The molecule has 3 rings (SSSR count). The summed E-state index contributed by atoms with van der Waals surface area (Å²) in [5.41, 5.74) is 3.85. The molecule has 0 spiro atoms. The fraction of sp³-hybridized carbons (Fsp3) is 0.381. The smallest absolute Gasteiger partial charge is 0.214 e. The molecule has 2 aromatic carbocycles. The Kier molecular flexibility index (Phi) is 5.95. The summed E-state index contributed by atoms with van der Waals surface area (Å²) in [7, 11) is -3.35. The van der Waals surface area contributed by atoms with Crippen LogP contribution in [0, 0.1) is 11.3 Å². The fourth-order valence-corrected chi connectivity index (χ4v) is 4.19. The van der Waals surface area contributed by atoms with Gasteiger partial charge in [-0.2, -0.15) is 5.26 Å². The first-order chi connectivity index (χ1) is 12.9. The molecule has 0 unspecified atom stereocenters. The van der Waals surface area contributed by atoms with Crippen LogP contribution >= 0.6 is 0 Å². The summed E-state index contributed by atoms with van der Waals surface area (Å²) >= 11 is 0. The van der Waals surface area contributed by atoms with E-state index in [4.69, 9.17) is 10.00 Å². The van der Waals surface area contributed by atoms with Crippen molar-refractivity contribution in [1.29, 1.82) is 5.26 Å². The molecule has 5 nitrogen and oxygen atoms in total. The maximum absolute atomic E-state index is 12.3. The first-order valence-electron chi connectivity index (χ1n) is 9.10. The van der Waals surface area contributed by atoms with Gasteiger partial charge >= 0.3 is 0 Å². The Labute approximate surface area is 161 Å². The van der Waals surface area contributed by atoms with Crippen molar-refractivity contribution in [3.63, 3.8) is 0 Å². The van der Waals surface area contributed by atoms with Gasteiger partial charge in [0.1, 0.15) is 0 Å². The first-order valence-corrected chi connectivity index (χ1v) is 10.6. The van der Waals surface area contributed by atoms with Gasteiger partial charge < -0.3 is 4.74 Å². The zero-order valence-electron chi connectivity index (χ0n) is 15.6. The van der Waals surface area contributed by atoms with Crippen LogP contribution in [0.2, 0.25) is 0 Å². The summed E-state index contributed by atoms with van der Waals surface area (Å²) < 4.78 is 32.9. The number of hydrogen-bond donors (Lipinski definition) is 1. The maximum Gasteiger partial charge on any atom is 0.214 e. The molecule has 0 aliphatic carbocycles. The molecular weight excluding hydrogens is 360 g/mol. The highest BCUT2D eigenvalue weighted by Crippen LogP contribution is 2.30. The van der Waals surface area contributed by atoms with Crippen LogP contribution in [0.3, 0.4) is 0 Å². The third-order valence-corrected chi connectivity index (χ3v) is 6.85. The minimum Gasteiger partial charge on any atom is -0.380 e. The number of benzene rings is 2. The summed E-state index contributed by atoms with van der Waals surface area (Å²) in [6.45, 7) is 4.36. The van der Waals surface area contributed by atoms with E-state index in [-0.39, 0.29) is 12.0 Å². The van der Waals surface area contributed by atoms with Crippen LogP contribution in [-0.2, 0) is 14.8 Å². The molecule has 0 radical (unpaired) electrons. The lowest BCUT2D eigenvalue weighted by Gasteiger charge is -2.33. The van der Waals surface area contributed by atoms with Crippen LogP contribution in [0.5, 0.6) is 0 Å². The van der Waals surface area contributed by atoms with E-state index in [0.717, 1.165) is 23.1 Å². The highest BCUT2D eigenvalue weighted by Gasteiger charge is 2.31. The van der Waals surface area contributed by atoms with Gasteiger partial charge in [0.15, 0.2) is 0 Å². The van der Waals surface area contributed by atoms with Crippen molar-refractivity contribution >= 4 is 10.0 Å². The number of hydrogen-bond acceptors (Lipinski definition) is 4. The average molecular weight is 385 g/mol. The molecule has 0 saturated carbocycles. The zero-order chi connectivity index (χ0) is 19.4. The lowest BCUT2D eigenvalue weighted by molar-refractivity contribution is 0.0644. The lowest BCUT2D eigenvalue weighted by atomic mass is 9.87. The van der Waals surface area contributed by atoms with Crippen molar-refractivity contribution in [1.82, 2.24) is 4.72 Å². The molecule has 27 heavy (non-hydrogen) atoms. The Morgan fingerprint density at radius 3 is 2.22 bits per heavy atom. The molecule has 2 atom stereocenters. The van der Waals surface area contributed by atoms with Gasteiger partial charge in [0.05, 0.1) is 29.5 Å². The molecular formula is C21H24N2O3S. The molecule has 0 amide bonds. The second kappa shape index (κ2) is 8.22. The molecule has 1 fully saturated rings. The van der Waals surface area contributed by atoms with E-state index in [1.165, 1.54) is 0 Å². The molecule has 142 valence electrons. The molecule has 1 aliphatic rings. The minimum atomic E-state index is -3.35. The summed E-state index contributed by atoms with van der Waals surface area (Å²) in [6, 6.07) is 17.5. The van der Waals surface area contributed by atoms with E-state index < -0.39 is 15.3 Å². The predicted molar refractivity (Wildman–Crippen MR) is 106 cm³/mol. The van der Waals surface area contributed by atoms with Gasteiger partial charge in [-0.15, -0.1) is 0 Å². The normalized spacial score (nSPS) is 20.4. The lowest BCUT2D eigenvalue weighted by Crippen LogP contribution is -2.47. The standard InChI is InChI=1S/C21H24N2O3S/c1-15(2)27(24,25)23-21-14-26-12-11-20(21)19-9-7-18(8-10-19)17-5-3-16(13-22)4-6-17/h3-10,15,20-21,23H,11-12,14H2,1-2H3/t20-,21-/m0/s1. The molecule has 6 heteroatoms. The Hall–Kier alpha value is -2.20. The number of nitrogens with zero attached hydrogens (tertiary/aromatic N) is 1. The molecule has 2 aromatic rings. The number of sulfonamides is 1. The Morgan fingerprint density at radius 1 is 1.07 bits per heavy atom. The van der Waals surface area contributed by atoms with E-state index in [1.807, 2.05) is 24.3 Å². The molecule has 1 aliphatic heterocycles. The first kappa shape index (κ1) is 19.6. The van der Waals surface area contributed by atoms with Gasteiger partial charge in [-0.1, -0.05) is 36.4 Å². The van der Waals surface area contributed by atoms with Crippen molar-refractivity contribution in [3.05, 3.63) is 59.7 Å². The van der Waals surface area contributed by atoms with Crippen LogP contribution < -0.4 is 4.72 Å². The van der Waals surface area contributed by atoms with Gasteiger partial charge in [0.2, 0.25) is 10.0 Å². The second-order valence-corrected chi connectivity index (χ2v) is 9.37. The van der Waals surface area contributed by atoms with Crippen LogP contribution in [0.15, 0.2) is 48.5 Å². The molecule has 0 bridgehead atoms. The third-order valence-electron chi connectivity index (χ3n) is 4.98. The van der Waals surface area contributed by atoms with E-state index in [2.05, 4.69) is 22.9 Å². The number of nitriles is 1. The van der Waals surface area contributed by atoms with Crippen LogP contribution in [0.25, 0.3) is 11.1 Å². The molecule has 0 aromatic heterocycles.